The molecule has 1 unspecified atom stereocenters. The van der Waals surface area contributed by atoms with E-state index in [1.54, 1.807) is 6.07 Å². The van der Waals surface area contributed by atoms with E-state index in [4.69, 9.17) is 0 Å². The fourth-order valence-corrected chi connectivity index (χ4v) is 2.64. The van der Waals surface area contributed by atoms with Crippen LogP contribution in [0.25, 0.3) is 0 Å². The summed E-state index contributed by atoms with van der Waals surface area (Å²) in [6.07, 6.45) is 3.95. The molecule has 0 spiro atoms. The Kier molecular flexibility index (Phi) is 3.46. The van der Waals surface area contributed by atoms with Gasteiger partial charge in [0.1, 0.15) is 0 Å². The second-order valence-corrected chi connectivity index (χ2v) is 5.02. The van der Waals surface area contributed by atoms with Gasteiger partial charge in [-0.25, -0.2) is 4.98 Å². The van der Waals surface area contributed by atoms with Crippen LogP contribution in [0.1, 0.15) is 27.9 Å². The lowest BCUT2D eigenvalue weighted by atomic mass is 9.88. The molecule has 0 fully saturated rings. The summed E-state index contributed by atoms with van der Waals surface area (Å²) in [5.41, 5.74) is 2.60. The molecule has 3 rings (SSSR count). The smallest absolute Gasteiger partial charge is 0.256 e. The average molecular weight is 270 g/mol. The van der Waals surface area contributed by atoms with E-state index >= 15 is 0 Å². The van der Waals surface area contributed by atoms with Crippen LogP contribution < -0.4 is 5.32 Å². The number of halogens is 1. The first-order valence-corrected chi connectivity index (χ1v) is 6.72. The Hall–Kier alpha value is -2.23. The maximum absolute atomic E-state index is 13.5. The zero-order valence-electron chi connectivity index (χ0n) is 11.0. The summed E-state index contributed by atoms with van der Waals surface area (Å²) >= 11 is 0. The van der Waals surface area contributed by atoms with Gasteiger partial charge in [0.25, 0.3) is 5.91 Å². The van der Waals surface area contributed by atoms with Crippen molar-refractivity contribution in [2.24, 2.45) is 0 Å². The molecule has 0 saturated carbocycles. The highest BCUT2D eigenvalue weighted by atomic mass is 19.1. The molecule has 0 saturated heterocycles. The second-order valence-electron chi connectivity index (χ2n) is 5.02. The van der Waals surface area contributed by atoms with Crippen LogP contribution in [0.5, 0.6) is 0 Å². The minimum atomic E-state index is -0.721. The van der Waals surface area contributed by atoms with Crippen LogP contribution in [0.15, 0.2) is 42.6 Å². The molecule has 1 atom stereocenters. The lowest BCUT2D eigenvalue weighted by Crippen LogP contribution is -2.39. The highest BCUT2D eigenvalue weighted by Gasteiger charge is 2.21. The molecule has 1 heterocycles. The Labute approximate surface area is 116 Å². The Morgan fingerprint density at radius 1 is 1.20 bits per heavy atom. The third kappa shape index (κ3) is 2.54. The van der Waals surface area contributed by atoms with Crippen LogP contribution in [0, 0.1) is 5.95 Å². The predicted molar refractivity (Wildman–Crippen MR) is 73.9 cm³/mol. The van der Waals surface area contributed by atoms with Gasteiger partial charge in [-0.1, -0.05) is 24.3 Å². The first kappa shape index (κ1) is 12.8. The van der Waals surface area contributed by atoms with Crippen molar-refractivity contribution >= 4 is 5.91 Å². The van der Waals surface area contributed by atoms with Crippen molar-refractivity contribution in [1.29, 1.82) is 0 Å². The first-order valence-electron chi connectivity index (χ1n) is 6.72. The van der Waals surface area contributed by atoms with Crippen LogP contribution in [-0.4, -0.2) is 16.9 Å². The predicted octanol–water partition coefficient (Wildman–Crippen LogP) is 2.51. The minimum absolute atomic E-state index is 0.00589. The van der Waals surface area contributed by atoms with Gasteiger partial charge in [-0.3, -0.25) is 4.79 Å². The number of rotatable bonds is 2. The molecule has 1 amide bonds. The fourth-order valence-electron chi connectivity index (χ4n) is 2.64. The molecule has 1 aliphatic carbocycles. The first-order chi connectivity index (χ1) is 9.74. The van der Waals surface area contributed by atoms with Crippen molar-refractivity contribution in [1.82, 2.24) is 10.3 Å². The fraction of sp³-hybridized carbons (Fsp3) is 0.250. The number of hydrogen-bond donors (Lipinski definition) is 1. The molecule has 1 N–H and O–H groups in total. The molecule has 2 aromatic rings. The summed E-state index contributed by atoms with van der Waals surface area (Å²) in [5, 5.41) is 2.90. The van der Waals surface area contributed by atoms with E-state index in [9.17, 15) is 9.18 Å². The summed E-state index contributed by atoms with van der Waals surface area (Å²) in [6, 6.07) is 11.3. The molecule has 0 bridgehead atoms. The Morgan fingerprint density at radius 3 is 2.80 bits per heavy atom. The van der Waals surface area contributed by atoms with Crippen molar-refractivity contribution in [3.05, 3.63) is 65.2 Å². The van der Waals surface area contributed by atoms with Crippen molar-refractivity contribution in [2.45, 2.75) is 25.3 Å². The molecule has 1 aromatic heterocycles. The third-order valence-corrected chi connectivity index (χ3v) is 3.69. The van der Waals surface area contributed by atoms with E-state index in [2.05, 4.69) is 22.4 Å². The van der Waals surface area contributed by atoms with Gasteiger partial charge in [0, 0.05) is 12.2 Å². The molecule has 0 radical (unpaired) electrons. The van der Waals surface area contributed by atoms with E-state index in [1.165, 1.54) is 23.4 Å². The van der Waals surface area contributed by atoms with Gasteiger partial charge in [-0.2, -0.15) is 4.39 Å². The molecule has 4 heteroatoms. The Bertz CT molecular complexity index is 642. The second kappa shape index (κ2) is 5.41. The van der Waals surface area contributed by atoms with Crippen LogP contribution in [0.2, 0.25) is 0 Å². The van der Waals surface area contributed by atoms with Crippen molar-refractivity contribution < 1.29 is 9.18 Å². The number of aromatic nitrogens is 1. The SMILES string of the molecule is O=C(NC1CCc2ccccc2C1)c1cccnc1F. The Morgan fingerprint density at radius 2 is 2.00 bits per heavy atom. The van der Waals surface area contributed by atoms with Crippen LogP contribution >= 0.6 is 0 Å². The van der Waals surface area contributed by atoms with E-state index in [0.29, 0.717) is 0 Å². The van der Waals surface area contributed by atoms with Crippen LogP contribution in [0.4, 0.5) is 4.39 Å². The number of nitrogens with zero attached hydrogens (tertiary/aromatic N) is 1. The third-order valence-electron chi connectivity index (χ3n) is 3.69. The van der Waals surface area contributed by atoms with Crippen molar-refractivity contribution in [2.75, 3.05) is 0 Å². The monoisotopic (exact) mass is 270 g/mol. The largest absolute Gasteiger partial charge is 0.349 e. The summed E-state index contributed by atoms with van der Waals surface area (Å²) in [4.78, 5) is 15.6. The van der Waals surface area contributed by atoms with Gasteiger partial charge in [-0.15, -0.1) is 0 Å². The van der Waals surface area contributed by atoms with Gasteiger partial charge >= 0.3 is 0 Å². The number of carbonyl (C=O) groups excluding carboxylic acids is 1. The minimum Gasteiger partial charge on any atom is -0.349 e. The zero-order chi connectivity index (χ0) is 13.9. The van der Waals surface area contributed by atoms with Crippen LogP contribution in [0.3, 0.4) is 0 Å². The quantitative estimate of drug-likeness (QED) is 0.852. The summed E-state index contributed by atoms with van der Waals surface area (Å²) in [7, 11) is 0. The standard InChI is InChI=1S/C16H15FN2O/c17-15-14(6-3-9-18-15)16(20)19-13-8-7-11-4-1-2-5-12(11)10-13/h1-6,9,13H,7-8,10H2,(H,19,20). The molecular formula is C16H15FN2O. The van der Waals surface area contributed by atoms with E-state index in [-0.39, 0.29) is 17.5 Å². The van der Waals surface area contributed by atoms with Crippen molar-refractivity contribution in [3.63, 3.8) is 0 Å². The summed E-state index contributed by atoms with van der Waals surface area (Å²) in [5.74, 6) is -1.11. The number of hydrogen-bond acceptors (Lipinski definition) is 2. The molecule has 0 aliphatic heterocycles. The highest BCUT2D eigenvalue weighted by molar-refractivity contribution is 5.94. The molecule has 1 aliphatic rings. The van der Waals surface area contributed by atoms with E-state index < -0.39 is 5.95 Å². The maximum atomic E-state index is 13.5. The number of fused-ring (bicyclic) bond motifs is 1. The van der Waals surface area contributed by atoms with Gasteiger partial charge < -0.3 is 5.32 Å². The summed E-state index contributed by atoms with van der Waals surface area (Å²) < 4.78 is 13.5. The average Bonchev–Trinajstić information content (AvgIpc) is 2.47. The molecule has 20 heavy (non-hydrogen) atoms. The van der Waals surface area contributed by atoms with E-state index in [0.717, 1.165) is 19.3 Å². The lowest BCUT2D eigenvalue weighted by molar-refractivity contribution is 0.0928. The molecule has 3 nitrogen and oxygen atoms in total. The number of aryl methyl sites for hydroxylation is 1. The highest BCUT2D eigenvalue weighted by Crippen LogP contribution is 2.21. The summed E-state index contributed by atoms with van der Waals surface area (Å²) in [6.45, 7) is 0. The van der Waals surface area contributed by atoms with Gasteiger partial charge in [0.15, 0.2) is 0 Å². The number of benzene rings is 1. The van der Waals surface area contributed by atoms with Crippen molar-refractivity contribution in [3.8, 4) is 0 Å². The number of carbonyl (C=O) groups is 1. The van der Waals surface area contributed by atoms with E-state index in [1.807, 2.05) is 12.1 Å². The number of amides is 1. The van der Waals surface area contributed by atoms with Gasteiger partial charge in [-0.05, 0) is 42.5 Å². The van der Waals surface area contributed by atoms with Gasteiger partial charge in [0.05, 0.1) is 5.56 Å². The molecule has 1 aromatic carbocycles. The maximum Gasteiger partial charge on any atom is 0.256 e. The molecule has 102 valence electrons. The number of nitrogens with one attached hydrogen (secondary N) is 1. The molecular weight excluding hydrogens is 255 g/mol. The zero-order valence-corrected chi connectivity index (χ0v) is 11.0. The lowest BCUT2D eigenvalue weighted by Gasteiger charge is -2.25. The normalized spacial score (nSPS) is 17.4. The number of pyridine rings is 1. The topological polar surface area (TPSA) is 42.0 Å². The Balaban J connectivity index is 1.71. The van der Waals surface area contributed by atoms with Crippen LogP contribution in [-0.2, 0) is 12.8 Å². The van der Waals surface area contributed by atoms with Gasteiger partial charge in [0.2, 0.25) is 5.95 Å².